The second-order valence-corrected chi connectivity index (χ2v) is 4.91. The third kappa shape index (κ3) is 2.88. The normalized spacial score (nSPS) is 32.3. The van der Waals surface area contributed by atoms with Crippen molar-refractivity contribution in [2.24, 2.45) is 5.92 Å². The zero-order chi connectivity index (χ0) is 10.7. The van der Waals surface area contributed by atoms with Crippen molar-refractivity contribution in [1.82, 2.24) is 4.90 Å². The van der Waals surface area contributed by atoms with Gasteiger partial charge in [-0.2, -0.15) is 12.6 Å². The van der Waals surface area contributed by atoms with Gasteiger partial charge in [0.05, 0.1) is 6.10 Å². The number of thiol groups is 1. The van der Waals surface area contributed by atoms with Gasteiger partial charge in [-0.05, 0) is 30.9 Å². The Bertz CT molecular complexity index is 229. The van der Waals surface area contributed by atoms with E-state index in [1.807, 2.05) is 4.90 Å². The van der Waals surface area contributed by atoms with Gasteiger partial charge in [-0.3, -0.25) is 4.79 Å². The molecule has 2 rings (SSSR count). The Labute approximate surface area is 96.6 Å². The molecule has 2 aliphatic rings. The molecule has 2 heterocycles. The van der Waals surface area contributed by atoms with Crippen LogP contribution >= 0.6 is 12.6 Å². The molecule has 0 aromatic rings. The van der Waals surface area contributed by atoms with Gasteiger partial charge in [0, 0.05) is 26.1 Å². The minimum absolute atomic E-state index is 0.279. The van der Waals surface area contributed by atoms with Crippen molar-refractivity contribution in [3.05, 3.63) is 0 Å². The summed E-state index contributed by atoms with van der Waals surface area (Å²) in [6, 6.07) is 0. The lowest BCUT2D eigenvalue weighted by Crippen LogP contribution is -2.36. The topological polar surface area (TPSA) is 29.5 Å². The first-order valence-corrected chi connectivity index (χ1v) is 6.43. The first-order chi connectivity index (χ1) is 7.29. The minimum atomic E-state index is 0.279. The van der Waals surface area contributed by atoms with Crippen molar-refractivity contribution < 1.29 is 9.53 Å². The molecule has 0 bridgehead atoms. The second-order valence-electron chi connectivity index (χ2n) is 4.54. The molecule has 2 unspecified atom stereocenters. The highest BCUT2D eigenvalue weighted by Gasteiger charge is 2.30. The van der Waals surface area contributed by atoms with Crippen LogP contribution in [0.4, 0.5) is 0 Å². The Morgan fingerprint density at radius 2 is 2.33 bits per heavy atom. The zero-order valence-electron chi connectivity index (χ0n) is 9.02. The van der Waals surface area contributed by atoms with Crippen LogP contribution < -0.4 is 0 Å². The van der Waals surface area contributed by atoms with Gasteiger partial charge in [-0.15, -0.1) is 0 Å². The van der Waals surface area contributed by atoms with Crippen molar-refractivity contribution in [2.75, 3.05) is 25.4 Å². The zero-order valence-corrected chi connectivity index (χ0v) is 9.92. The van der Waals surface area contributed by atoms with Gasteiger partial charge in [0.1, 0.15) is 0 Å². The van der Waals surface area contributed by atoms with Crippen LogP contribution in [-0.2, 0) is 9.53 Å². The summed E-state index contributed by atoms with van der Waals surface area (Å²) in [5.41, 5.74) is 0. The summed E-state index contributed by atoms with van der Waals surface area (Å²) in [4.78, 5) is 13.6. The van der Waals surface area contributed by atoms with Crippen molar-refractivity contribution in [3.8, 4) is 0 Å². The number of amides is 1. The molecular formula is C11H19NO2S. The second kappa shape index (κ2) is 5.21. The van der Waals surface area contributed by atoms with E-state index >= 15 is 0 Å². The molecule has 0 aliphatic carbocycles. The van der Waals surface area contributed by atoms with E-state index in [-0.39, 0.29) is 12.0 Å². The lowest BCUT2D eigenvalue weighted by molar-refractivity contribution is -0.130. The highest BCUT2D eigenvalue weighted by atomic mass is 32.1. The number of carbonyl (C=O) groups excluding carboxylic acids is 1. The number of hydrogen-bond acceptors (Lipinski definition) is 3. The summed E-state index contributed by atoms with van der Waals surface area (Å²) < 4.78 is 5.64. The molecule has 4 heteroatoms. The van der Waals surface area contributed by atoms with Crippen molar-refractivity contribution in [1.29, 1.82) is 0 Å². The monoisotopic (exact) mass is 229 g/mol. The minimum Gasteiger partial charge on any atom is -0.376 e. The lowest BCUT2D eigenvalue weighted by atomic mass is 10.1. The molecule has 15 heavy (non-hydrogen) atoms. The van der Waals surface area contributed by atoms with Gasteiger partial charge in [0.15, 0.2) is 0 Å². The average Bonchev–Trinajstić information content (AvgIpc) is 2.61. The van der Waals surface area contributed by atoms with Crippen molar-refractivity contribution in [2.45, 2.75) is 31.8 Å². The maximum Gasteiger partial charge on any atom is 0.223 e. The van der Waals surface area contributed by atoms with Crippen LogP contribution in [0, 0.1) is 5.92 Å². The molecule has 0 saturated carbocycles. The third-order valence-corrected chi connectivity index (χ3v) is 3.77. The van der Waals surface area contributed by atoms with E-state index in [0.29, 0.717) is 12.3 Å². The SMILES string of the molecule is O=C1CC(CS)CN1CC1CCCCO1. The van der Waals surface area contributed by atoms with Crippen LogP contribution in [-0.4, -0.2) is 42.4 Å². The largest absolute Gasteiger partial charge is 0.376 e. The van der Waals surface area contributed by atoms with Crippen LogP contribution in [0.15, 0.2) is 0 Å². The molecule has 0 aromatic carbocycles. The summed E-state index contributed by atoms with van der Waals surface area (Å²) in [5, 5.41) is 0. The molecule has 2 atom stereocenters. The van der Waals surface area contributed by atoms with Gasteiger partial charge >= 0.3 is 0 Å². The van der Waals surface area contributed by atoms with E-state index in [1.54, 1.807) is 0 Å². The van der Waals surface area contributed by atoms with Gasteiger partial charge in [-0.1, -0.05) is 0 Å². The van der Waals surface area contributed by atoms with Crippen LogP contribution in [0.2, 0.25) is 0 Å². The lowest BCUT2D eigenvalue weighted by Gasteiger charge is -2.27. The molecule has 2 saturated heterocycles. The van der Waals surface area contributed by atoms with E-state index in [9.17, 15) is 4.79 Å². The number of rotatable bonds is 3. The number of likely N-dealkylation sites (tertiary alicyclic amines) is 1. The van der Waals surface area contributed by atoms with Gasteiger partial charge in [0.25, 0.3) is 0 Å². The average molecular weight is 229 g/mol. The summed E-state index contributed by atoms with van der Waals surface area (Å²) in [6.07, 6.45) is 4.47. The molecule has 0 aromatic heterocycles. The fourth-order valence-electron chi connectivity index (χ4n) is 2.35. The third-order valence-electron chi connectivity index (χ3n) is 3.25. The quantitative estimate of drug-likeness (QED) is 0.740. The van der Waals surface area contributed by atoms with E-state index in [1.165, 1.54) is 12.8 Å². The van der Waals surface area contributed by atoms with E-state index in [4.69, 9.17) is 4.74 Å². The van der Waals surface area contributed by atoms with E-state index < -0.39 is 0 Å². The Balaban J connectivity index is 1.81. The number of hydrogen-bond donors (Lipinski definition) is 1. The molecule has 0 radical (unpaired) electrons. The first kappa shape index (κ1) is 11.3. The number of nitrogens with zero attached hydrogens (tertiary/aromatic N) is 1. The van der Waals surface area contributed by atoms with Crippen LogP contribution in [0.25, 0.3) is 0 Å². The van der Waals surface area contributed by atoms with Gasteiger partial charge in [0.2, 0.25) is 5.91 Å². The van der Waals surface area contributed by atoms with Gasteiger partial charge in [-0.25, -0.2) is 0 Å². The molecule has 2 fully saturated rings. The first-order valence-electron chi connectivity index (χ1n) is 5.80. The summed E-state index contributed by atoms with van der Waals surface area (Å²) >= 11 is 4.25. The fraction of sp³-hybridized carbons (Fsp3) is 0.909. The van der Waals surface area contributed by atoms with Crippen LogP contribution in [0.3, 0.4) is 0 Å². The molecule has 0 N–H and O–H groups in total. The van der Waals surface area contributed by atoms with E-state index in [2.05, 4.69) is 12.6 Å². The standard InChI is InChI=1S/C11H19NO2S/c13-11-5-9(8-15)6-12(11)7-10-3-1-2-4-14-10/h9-10,15H,1-8H2. The Morgan fingerprint density at radius 1 is 1.47 bits per heavy atom. The molecule has 3 nitrogen and oxygen atoms in total. The summed E-state index contributed by atoms with van der Waals surface area (Å²) in [5.74, 6) is 1.54. The number of carbonyl (C=O) groups is 1. The van der Waals surface area contributed by atoms with Crippen LogP contribution in [0.5, 0.6) is 0 Å². The maximum absolute atomic E-state index is 11.7. The van der Waals surface area contributed by atoms with E-state index in [0.717, 1.165) is 31.9 Å². The summed E-state index contributed by atoms with van der Waals surface area (Å²) in [7, 11) is 0. The number of ether oxygens (including phenoxy) is 1. The molecule has 2 aliphatic heterocycles. The maximum atomic E-state index is 11.7. The Hall–Kier alpha value is -0.220. The van der Waals surface area contributed by atoms with Gasteiger partial charge < -0.3 is 9.64 Å². The molecule has 0 spiro atoms. The van der Waals surface area contributed by atoms with Crippen LogP contribution in [0.1, 0.15) is 25.7 Å². The van der Waals surface area contributed by atoms with Crippen molar-refractivity contribution >= 4 is 18.5 Å². The Morgan fingerprint density at radius 3 is 2.93 bits per heavy atom. The predicted molar refractivity (Wildman–Crippen MR) is 62.1 cm³/mol. The molecular weight excluding hydrogens is 210 g/mol. The highest BCUT2D eigenvalue weighted by molar-refractivity contribution is 7.80. The highest BCUT2D eigenvalue weighted by Crippen LogP contribution is 2.21. The predicted octanol–water partition coefficient (Wildman–Crippen LogP) is 1.33. The van der Waals surface area contributed by atoms with Crippen molar-refractivity contribution in [3.63, 3.8) is 0 Å². The summed E-state index contributed by atoms with van der Waals surface area (Å²) in [6.45, 7) is 2.54. The Kier molecular flexibility index (Phi) is 3.92. The smallest absolute Gasteiger partial charge is 0.223 e. The molecule has 86 valence electrons. The molecule has 1 amide bonds. The fourth-order valence-corrected chi connectivity index (χ4v) is 2.59.